The lowest BCUT2D eigenvalue weighted by Gasteiger charge is -2.12. The van der Waals surface area contributed by atoms with E-state index in [-0.39, 0.29) is 29.8 Å². The summed E-state index contributed by atoms with van der Waals surface area (Å²) >= 11 is 0. The highest BCUT2D eigenvalue weighted by molar-refractivity contribution is 5.95. The Kier molecular flexibility index (Phi) is 6.61. The summed E-state index contributed by atoms with van der Waals surface area (Å²) in [6, 6.07) is 10.5. The van der Waals surface area contributed by atoms with E-state index >= 15 is 0 Å². The second-order valence-electron chi connectivity index (χ2n) is 6.40. The Morgan fingerprint density at radius 2 is 1.90 bits per heavy atom. The van der Waals surface area contributed by atoms with Gasteiger partial charge in [-0.05, 0) is 55.3 Å². The monoisotopic (exact) mass is 419 g/mol. The highest BCUT2D eigenvalue weighted by atomic mass is 19.3. The summed E-state index contributed by atoms with van der Waals surface area (Å²) in [6.07, 6.45) is 1.84. The second kappa shape index (κ2) is 9.34. The molecule has 1 amide bonds. The standard InChI is InChI=1S/C21H20F3N3O3/c1-13-17(12-26-27(13)16-6-4-15(22)5-7-16)20(28)25-10-9-14-3-8-18(29-2)19(11-14)30-21(23)24/h3-8,11-12,21H,9-10H2,1-2H3,(H,25,28). The van der Waals surface area contributed by atoms with Crippen LogP contribution < -0.4 is 14.8 Å². The molecule has 1 N–H and O–H groups in total. The van der Waals surface area contributed by atoms with Gasteiger partial charge < -0.3 is 14.8 Å². The van der Waals surface area contributed by atoms with E-state index in [1.54, 1.807) is 29.8 Å². The third-order valence-corrected chi connectivity index (χ3v) is 4.47. The molecule has 0 bridgehead atoms. The zero-order valence-electron chi connectivity index (χ0n) is 16.4. The number of amides is 1. The van der Waals surface area contributed by atoms with Crippen LogP contribution in [-0.4, -0.2) is 36.0 Å². The number of hydrogen-bond donors (Lipinski definition) is 1. The molecule has 2 aromatic carbocycles. The number of benzene rings is 2. The molecule has 0 unspecified atom stereocenters. The molecule has 0 fully saturated rings. The van der Waals surface area contributed by atoms with E-state index in [4.69, 9.17) is 4.74 Å². The maximum absolute atomic E-state index is 13.1. The average molecular weight is 419 g/mol. The molecule has 6 nitrogen and oxygen atoms in total. The van der Waals surface area contributed by atoms with Gasteiger partial charge in [0, 0.05) is 6.54 Å². The van der Waals surface area contributed by atoms with Crippen molar-refractivity contribution in [1.82, 2.24) is 15.1 Å². The molecule has 1 aromatic heterocycles. The number of nitrogens with one attached hydrogen (secondary N) is 1. The van der Waals surface area contributed by atoms with Crippen molar-refractivity contribution >= 4 is 5.91 Å². The first-order valence-corrected chi connectivity index (χ1v) is 9.09. The highest BCUT2D eigenvalue weighted by Gasteiger charge is 2.15. The summed E-state index contributed by atoms with van der Waals surface area (Å²) < 4.78 is 49.2. The smallest absolute Gasteiger partial charge is 0.387 e. The Morgan fingerprint density at radius 3 is 2.57 bits per heavy atom. The lowest BCUT2D eigenvalue weighted by Crippen LogP contribution is -2.26. The van der Waals surface area contributed by atoms with Gasteiger partial charge in [-0.2, -0.15) is 13.9 Å². The number of alkyl halides is 2. The SMILES string of the molecule is COc1ccc(CCNC(=O)c2cnn(-c3ccc(F)cc3)c2C)cc1OC(F)F. The van der Waals surface area contributed by atoms with E-state index in [9.17, 15) is 18.0 Å². The van der Waals surface area contributed by atoms with Gasteiger partial charge in [-0.25, -0.2) is 9.07 Å². The van der Waals surface area contributed by atoms with Crippen molar-refractivity contribution in [3.63, 3.8) is 0 Å². The molecule has 3 aromatic rings. The number of aromatic nitrogens is 2. The van der Waals surface area contributed by atoms with Gasteiger partial charge in [0.15, 0.2) is 11.5 Å². The fraction of sp³-hybridized carbons (Fsp3) is 0.238. The normalized spacial score (nSPS) is 10.9. The van der Waals surface area contributed by atoms with E-state index < -0.39 is 6.61 Å². The first kappa shape index (κ1) is 21.2. The summed E-state index contributed by atoms with van der Waals surface area (Å²) in [5, 5.41) is 6.97. The fourth-order valence-electron chi connectivity index (χ4n) is 2.96. The molecule has 3 rings (SSSR count). The third-order valence-electron chi connectivity index (χ3n) is 4.47. The third kappa shape index (κ3) is 4.91. The molecule has 30 heavy (non-hydrogen) atoms. The van der Waals surface area contributed by atoms with Gasteiger partial charge >= 0.3 is 6.61 Å². The number of nitrogens with zero attached hydrogens (tertiary/aromatic N) is 2. The van der Waals surface area contributed by atoms with Gasteiger partial charge in [0.05, 0.1) is 30.3 Å². The van der Waals surface area contributed by atoms with Crippen LogP contribution in [0.2, 0.25) is 0 Å². The van der Waals surface area contributed by atoms with E-state index in [0.717, 1.165) is 0 Å². The summed E-state index contributed by atoms with van der Waals surface area (Å²) in [7, 11) is 1.36. The van der Waals surface area contributed by atoms with Crippen LogP contribution in [0.1, 0.15) is 21.6 Å². The summed E-state index contributed by atoms with van der Waals surface area (Å²) in [4.78, 5) is 12.5. The maximum Gasteiger partial charge on any atom is 0.387 e. The van der Waals surface area contributed by atoms with Crippen molar-refractivity contribution in [1.29, 1.82) is 0 Å². The summed E-state index contributed by atoms with van der Waals surface area (Å²) in [5.41, 5.74) is 2.33. The van der Waals surface area contributed by atoms with Gasteiger partial charge in [-0.1, -0.05) is 6.07 Å². The van der Waals surface area contributed by atoms with E-state index in [1.165, 1.54) is 37.6 Å². The number of hydrogen-bond acceptors (Lipinski definition) is 4. The zero-order chi connectivity index (χ0) is 21.7. The predicted octanol–water partition coefficient (Wildman–Crippen LogP) is 3.90. The summed E-state index contributed by atoms with van der Waals surface area (Å²) in [6.45, 7) is -0.946. The van der Waals surface area contributed by atoms with Crippen molar-refractivity contribution in [3.8, 4) is 17.2 Å². The molecular formula is C21H20F3N3O3. The van der Waals surface area contributed by atoms with Crippen LogP contribution in [-0.2, 0) is 6.42 Å². The molecule has 9 heteroatoms. The first-order valence-electron chi connectivity index (χ1n) is 9.09. The summed E-state index contributed by atoms with van der Waals surface area (Å²) in [5.74, 6) is -0.541. The topological polar surface area (TPSA) is 65.4 Å². The first-order chi connectivity index (χ1) is 14.4. The van der Waals surface area contributed by atoms with Gasteiger partial charge in [0.25, 0.3) is 5.91 Å². The van der Waals surface area contributed by atoms with Gasteiger partial charge in [0.2, 0.25) is 0 Å². The lowest BCUT2D eigenvalue weighted by molar-refractivity contribution is -0.0512. The quantitative estimate of drug-likeness (QED) is 0.602. The Labute approximate surface area is 171 Å². The van der Waals surface area contributed by atoms with Crippen molar-refractivity contribution in [2.75, 3.05) is 13.7 Å². The minimum atomic E-state index is -2.96. The number of carbonyl (C=O) groups is 1. The number of ether oxygens (including phenoxy) is 2. The Morgan fingerprint density at radius 1 is 1.17 bits per heavy atom. The van der Waals surface area contributed by atoms with Crippen molar-refractivity contribution in [2.24, 2.45) is 0 Å². The molecule has 0 spiro atoms. The average Bonchev–Trinajstić information content (AvgIpc) is 3.10. The van der Waals surface area contributed by atoms with E-state index in [0.29, 0.717) is 28.9 Å². The molecule has 158 valence electrons. The van der Waals surface area contributed by atoms with Crippen LogP contribution in [0, 0.1) is 12.7 Å². The van der Waals surface area contributed by atoms with Crippen LogP contribution in [0.5, 0.6) is 11.5 Å². The Bertz CT molecular complexity index is 1020. The van der Waals surface area contributed by atoms with Gasteiger partial charge in [-0.15, -0.1) is 0 Å². The number of halogens is 3. The molecule has 1 heterocycles. The number of methoxy groups -OCH3 is 1. The van der Waals surface area contributed by atoms with Crippen LogP contribution in [0.15, 0.2) is 48.7 Å². The minimum Gasteiger partial charge on any atom is -0.493 e. The molecule has 0 aliphatic rings. The van der Waals surface area contributed by atoms with Crippen molar-refractivity contribution in [2.45, 2.75) is 20.0 Å². The second-order valence-corrected chi connectivity index (χ2v) is 6.40. The molecule has 0 aliphatic heterocycles. The lowest BCUT2D eigenvalue weighted by atomic mass is 10.1. The molecule has 0 saturated carbocycles. The zero-order valence-corrected chi connectivity index (χ0v) is 16.4. The highest BCUT2D eigenvalue weighted by Crippen LogP contribution is 2.29. The Hall–Kier alpha value is -3.49. The molecule has 0 saturated heterocycles. The maximum atomic E-state index is 13.1. The van der Waals surface area contributed by atoms with Crippen LogP contribution in [0.4, 0.5) is 13.2 Å². The molecule has 0 aliphatic carbocycles. The molecular weight excluding hydrogens is 399 g/mol. The fourth-order valence-corrected chi connectivity index (χ4v) is 2.96. The number of rotatable bonds is 8. The van der Waals surface area contributed by atoms with E-state index in [1.807, 2.05) is 0 Å². The number of carbonyl (C=O) groups excluding carboxylic acids is 1. The molecule has 0 radical (unpaired) electrons. The van der Waals surface area contributed by atoms with Crippen LogP contribution >= 0.6 is 0 Å². The van der Waals surface area contributed by atoms with Crippen molar-refractivity contribution < 1.29 is 27.4 Å². The minimum absolute atomic E-state index is 0.0623. The Balaban J connectivity index is 1.63. The van der Waals surface area contributed by atoms with Gasteiger partial charge in [0.1, 0.15) is 5.82 Å². The van der Waals surface area contributed by atoms with E-state index in [2.05, 4.69) is 15.2 Å². The van der Waals surface area contributed by atoms with Crippen LogP contribution in [0.3, 0.4) is 0 Å². The van der Waals surface area contributed by atoms with Crippen LogP contribution in [0.25, 0.3) is 5.69 Å². The van der Waals surface area contributed by atoms with Gasteiger partial charge in [-0.3, -0.25) is 4.79 Å². The predicted molar refractivity (Wildman–Crippen MR) is 104 cm³/mol. The largest absolute Gasteiger partial charge is 0.493 e. The van der Waals surface area contributed by atoms with Crippen molar-refractivity contribution in [3.05, 3.63) is 71.3 Å². The molecule has 0 atom stereocenters.